The molecule has 1 aromatic carbocycles. The van der Waals surface area contributed by atoms with E-state index >= 15 is 0 Å². The lowest BCUT2D eigenvalue weighted by Gasteiger charge is -2.11. The summed E-state index contributed by atoms with van der Waals surface area (Å²) >= 11 is 0. The van der Waals surface area contributed by atoms with Crippen molar-refractivity contribution in [3.63, 3.8) is 0 Å². The smallest absolute Gasteiger partial charge is 0.224 e. The first kappa shape index (κ1) is 15.9. The lowest BCUT2D eigenvalue weighted by molar-refractivity contribution is -0.120. The van der Waals surface area contributed by atoms with Gasteiger partial charge in [-0.1, -0.05) is 30.3 Å². The number of pyridine rings is 1. The lowest BCUT2D eigenvalue weighted by Crippen LogP contribution is -2.29. The number of nitrogens with zero attached hydrogens (tertiary/aromatic N) is 3. The fourth-order valence-electron chi connectivity index (χ4n) is 2.62. The Morgan fingerprint density at radius 2 is 1.96 bits per heavy atom. The van der Waals surface area contributed by atoms with E-state index in [0.717, 1.165) is 22.6 Å². The van der Waals surface area contributed by atoms with E-state index < -0.39 is 0 Å². The van der Waals surface area contributed by atoms with Crippen LogP contribution in [-0.4, -0.2) is 27.0 Å². The monoisotopic (exact) mass is 320 g/mol. The number of aromatic nitrogens is 3. The highest BCUT2D eigenvalue weighted by atomic mass is 16.1. The van der Waals surface area contributed by atoms with Crippen molar-refractivity contribution in [3.8, 4) is 11.4 Å². The predicted molar refractivity (Wildman–Crippen MR) is 93.4 cm³/mol. The van der Waals surface area contributed by atoms with Crippen LogP contribution in [0.2, 0.25) is 0 Å². The molecular weight excluding hydrogens is 300 g/mol. The molecule has 3 aromatic rings. The number of imidazole rings is 1. The van der Waals surface area contributed by atoms with E-state index in [1.165, 1.54) is 0 Å². The van der Waals surface area contributed by atoms with Crippen LogP contribution in [-0.2, 0) is 17.8 Å². The topological polar surface area (TPSA) is 59.8 Å². The van der Waals surface area contributed by atoms with E-state index in [0.29, 0.717) is 19.5 Å². The maximum Gasteiger partial charge on any atom is 0.224 e. The van der Waals surface area contributed by atoms with Gasteiger partial charge in [-0.25, -0.2) is 4.98 Å². The predicted octanol–water partition coefficient (Wildman–Crippen LogP) is 2.61. The van der Waals surface area contributed by atoms with E-state index in [9.17, 15) is 4.79 Å². The molecule has 1 N–H and O–H groups in total. The van der Waals surface area contributed by atoms with E-state index in [4.69, 9.17) is 0 Å². The van der Waals surface area contributed by atoms with E-state index in [1.807, 2.05) is 55.6 Å². The Hall–Kier alpha value is -2.95. The zero-order valence-corrected chi connectivity index (χ0v) is 13.6. The average Bonchev–Trinajstić information content (AvgIpc) is 2.97. The molecule has 2 heterocycles. The highest BCUT2D eigenvalue weighted by molar-refractivity contribution is 5.78. The molecule has 0 saturated heterocycles. The first-order valence-electron chi connectivity index (χ1n) is 7.97. The van der Waals surface area contributed by atoms with Crippen molar-refractivity contribution in [1.82, 2.24) is 19.9 Å². The summed E-state index contributed by atoms with van der Waals surface area (Å²) in [5.41, 5.74) is 3.05. The second-order valence-corrected chi connectivity index (χ2v) is 5.63. The Kier molecular flexibility index (Phi) is 5.01. The van der Waals surface area contributed by atoms with E-state index in [-0.39, 0.29) is 5.91 Å². The van der Waals surface area contributed by atoms with Crippen LogP contribution >= 0.6 is 0 Å². The summed E-state index contributed by atoms with van der Waals surface area (Å²) < 4.78 is 2.10. The van der Waals surface area contributed by atoms with Crippen molar-refractivity contribution in [2.24, 2.45) is 0 Å². The second kappa shape index (κ2) is 7.55. The van der Waals surface area contributed by atoms with Crippen molar-refractivity contribution < 1.29 is 4.79 Å². The third kappa shape index (κ3) is 3.87. The minimum absolute atomic E-state index is 0.0295. The molecule has 0 saturated carbocycles. The van der Waals surface area contributed by atoms with Gasteiger partial charge in [0.15, 0.2) is 0 Å². The molecule has 2 aromatic heterocycles. The Bertz CT molecular complexity index is 797. The van der Waals surface area contributed by atoms with Gasteiger partial charge in [-0.15, -0.1) is 0 Å². The van der Waals surface area contributed by atoms with Gasteiger partial charge in [0.25, 0.3) is 0 Å². The van der Waals surface area contributed by atoms with Crippen molar-refractivity contribution in [3.05, 3.63) is 72.3 Å². The molecule has 0 fully saturated rings. The summed E-state index contributed by atoms with van der Waals surface area (Å²) in [4.78, 5) is 20.6. The third-order valence-corrected chi connectivity index (χ3v) is 3.84. The molecule has 0 radical (unpaired) electrons. The minimum Gasteiger partial charge on any atom is -0.354 e. The first-order chi connectivity index (χ1) is 11.7. The van der Waals surface area contributed by atoms with Gasteiger partial charge < -0.3 is 9.88 Å². The lowest BCUT2D eigenvalue weighted by atomic mass is 10.1. The summed E-state index contributed by atoms with van der Waals surface area (Å²) in [6, 6.07) is 13.6. The Balaban J connectivity index is 1.59. The molecule has 0 aliphatic carbocycles. The van der Waals surface area contributed by atoms with E-state index in [2.05, 4.69) is 19.9 Å². The summed E-state index contributed by atoms with van der Waals surface area (Å²) in [5, 5.41) is 2.97. The molecule has 0 atom stereocenters. The van der Waals surface area contributed by atoms with Gasteiger partial charge in [-0.05, 0) is 24.6 Å². The highest BCUT2D eigenvalue weighted by Gasteiger charge is 2.10. The average molecular weight is 320 g/mol. The largest absolute Gasteiger partial charge is 0.354 e. The Morgan fingerprint density at radius 1 is 1.12 bits per heavy atom. The molecule has 5 nitrogen and oxygen atoms in total. The molecule has 1 amide bonds. The molecule has 5 heteroatoms. The van der Waals surface area contributed by atoms with Crippen LogP contribution < -0.4 is 5.32 Å². The van der Waals surface area contributed by atoms with Crippen LogP contribution in [0.25, 0.3) is 11.4 Å². The fourth-order valence-corrected chi connectivity index (χ4v) is 2.62. The van der Waals surface area contributed by atoms with Gasteiger partial charge in [0.1, 0.15) is 5.82 Å². The number of hydrogen-bond donors (Lipinski definition) is 1. The van der Waals surface area contributed by atoms with Gasteiger partial charge in [0, 0.05) is 42.9 Å². The number of aryl methyl sites for hydroxylation is 1. The van der Waals surface area contributed by atoms with Crippen LogP contribution in [0.3, 0.4) is 0 Å². The van der Waals surface area contributed by atoms with Gasteiger partial charge in [-0.3, -0.25) is 9.78 Å². The minimum atomic E-state index is 0.0295. The quantitative estimate of drug-likeness (QED) is 0.759. The summed E-state index contributed by atoms with van der Waals surface area (Å²) in [6.45, 7) is 3.26. The summed E-state index contributed by atoms with van der Waals surface area (Å²) in [7, 11) is 0. The molecule has 0 unspecified atom stereocenters. The van der Waals surface area contributed by atoms with E-state index in [1.54, 1.807) is 12.4 Å². The zero-order valence-electron chi connectivity index (χ0n) is 13.6. The number of amides is 1. The first-order valence-corrected chi connectivity index (χ1v) is 7.97. The molecular formula is C19H20N4O. The van der Waals surface area contributed by atoms with Crippen molar-refractivity contribution >= 4 is 5.91 Å². The highest BCUT2D eigenvalue weighted by Crippen LogP contribution is 2.17. The number of carbonyl (C=O) groups excluding carboxylic acids is 1. The molecule has 0 spiro atoms. The van der Waals surface area contributed by atoms with Crippen LogP contribution in [0.1, 0.15) is 11.3 Å². The normalized spacial score (nSPS) is 10.5. The standard InChI is InChI=1S/C19H20N4O/c1-15-13-22-19(17-8-5-9-20-14-17)23(15)11-10-21-18(24)12-16-6-3-2-4-7-16/h2-9,13-14H,10-12H2,1H3,(H,21,24). The van der Waals surface area contributed by atoms with Crippen molar-refractivity contribution in [1.29, 1.82) is 0 Å². The van der Waals surface area contributed by atoms with Gasteiger partial charge in [0.05, 0.1) is 6.42 Å². The Morgan fingerprint density at radius 3 is 2.71 bits per heavy atom. The van der Waals surface area contributed by atoms with Crippen molar-refractivity contribution in [2.75, 3.05) is 6.54 Å². The second-order valence-electron chi connectivity index (χ2n) is 5.63. The molecule has 0 aliphatic heterocycles. The van der Waals surface area contributed by atoms with Crippen LogP contribution in [0, 0.1) is 6.92 Å². The van der Waals surface area contributed by atoms with Crippen LogP contribution in [0.4, 0.5) is 0 Å². The molecule has 0 bridgehead atoms. The summed E-state index contributed by atoms with van der Waals surface area (Å²) in [6.07, 6.45) is 5.78. The SMILES string of the molecule is Cc1cnc(-c2cccnc2)n1CCNC(=O)Cc1ccccc1. The third-order valence-electron chi connectivity index (χ3n) is 3.84. The number of nitrogens with one attached hydrogen (secondary N) is 1. The fraction of sp³-hybridized carbons (Fsp3) is 0.211. The number of carbonyl (C=O) groups is 1. The van der Waals surface area contributed by atoms with Gasteiger partial charge >= 0.3 is 0 Å². The van der Waals surface area contributed by atoms with Crippen LogP contribution in [0.15, 0.2) is 61.1 Å². The number of rotatable bonds is 6. The molecule has 122 valence electrons. The maximum absolute atomic E-state index is 12.0. The van der Waals surface area contributed by atoms with Gasteiger partial charge in [-0.2, -0.15) is 0 Å². The molecule has 0 aliphatic rings. The Labute approximate surface area is 141 Å². The molecule has 3 rings (SSSR count). The maximum atomic E-state index is 12.0. The van der Waals surface area contributed by atoms with Crippen LogP contribution in [0.5, 0.6) is 0 Å². The zero-order chi connectivity index (χ0) is 16.8. The van der Waals surface area contributed by atoms with Crippen molar-refractivity contribution in [2.45, 2.75) is 19.9 Å². The number of benzene rings is 1. The number of hydrogen-bond acceptors (Lipinski definition) is 3. The molecule has 24 heavy (non-hydrogen) atoms. The summed E-state index contributed by atoms with van der Waals surface area (Å²) in [5.74, 6) is 0.903. The van der Waals surface area contributed by atoms with Gasteiger partial charge in [0.2, 0.25) is 5.91 Å².